The molecule has 7 heteroatoms. The lowest BCUT2D eigenvalue weighted by Crippen LogP contribution is -2.10. The molecule has 19 heavy (non-hydrogen) atoms. The van der Waals surface area contributed by atoms with E-state index in [2.05, 4.69) is 10.3 Å². The standard InChI is InChI=1S/C12H11F3N2S2/c1-16-7-8-2-3-10(9(6-8)12(13,14)15)19-11-17-4-5-18-11/h2-6,16H,7H2,1H3. The first kappa shape index (κ1) is 14.4. The van der Waals surface area contributed by atoms with Gasteiger partial charge in [-0.1, -0.05) is 17.8 Å². The number of nitrogens with one attached hydrogen (secondary N) is 1. The molecule has 0 aliphatic heterocycles. The number of thiazole rings is 1. The highest BCUT2D eigenvalue weighted by Gasteiger charge is 2.34. The predicted molar refractivity (Wildman–Crippen MR) is 70.4 cm³/mol. The van der Waals surface area contributed by atoms with Crippen LogP contribution in [0.1, 0.15) is 11.1 Å². The second-order valence-electron chi connectivity index (χ2n) is 3.76. The Bertz CT molecular complexity index is 538. The molecule has 0 amide bonds. The van der Waals surface area contributed by atoms with E-state index in [1.807, 2.05) is 0 Å². The third kappa shape index (κ3) is 3.71. The van der Waals surface area contributed by atoms with Crippen LogP contribution in [-0.4, -0.2) is 12.0 Å². The summed E-state index contributed by atoms with van der Waals surface area (Å²) in [6.45, 7) is 0.408. The molecule has 0 saturated carbocycles. The zero-order valence-electron chi connectivity index (χ0n) is 9.99. The van der Waals surface area contributed by atoms with Gasteiger partial charge < -0.3 is 5.32 Å². The first-order chi connectivity index (χ1) is 9.00. The largest absolute Gasteiger partial charge is 0.417 e. The van der Waals surface area contributed by atoms with Crippen molar-refractivity contribution in [1.82, 2.24) is 10.3 Å². The van der Waals surface area contributed by atoms with Gasteiger partial charge in [0.1, 0.15) is 0 Å². The second-order valence-corrected chi connectivity index (χ2v) is 5.94. The van der Waals surface area contributed by atoms with Crippen molar-refractivity contribution in [2.75, 3.05) is 7.05 Å². The lowest BCUT2D eigenvalue weighted by molar-refractivity contribution is -0.139. The second kappa shape index (κ2) is 5.94. The number of benzene rings is 1. The van der Waals surface area contributed by atoms with E-state index in [9.17, 15) is 13.2 Å². The monoisotopic (exact) mass is 304 g/mol. The number of hydrogen-bond acceptors (Lipinski definition) is 4. The fourth-order valence-electron chi connectivity index (χ4n) is 1.56. The molecule has 0 fully saturated rings. The first-order valence-corrected chi connectivity index (χ1v) is 7.12. The third-order valence-corrected chi connectivity index (χ3v) is 4.30. The quantitative estimate of drug-likeness (QED) is 0.923. The molecule has 0 aliphatic carbocycles. The number of alkyl halides is 3. The van der Waals surface area contributed by atoms with E-state index in [-0.39, 0.29) is 4.90 Å². The van der Waals surface area contributed by atoms with E-state index in [1.165, 1.54) is 23.5 Å². The van der Waals surface area contributed by atoms with Crippen LogP contribution in [0, 0.1) is 0 Å². The Morgan fingerprint density at radius 1 is 1.37 bits per heavy atom. The van der Waals surface area contributed by atoms with Gasteiger partial charge in [-0.25, -0.2) is 4.98 Å². The fraction of sp³-hybridized carbons (Fsp3) is 0.250. The minimum absolute atomic E-state index is 0.183. The highest BCUT2D eigenvalue weighted by Crippen LogP contribution is 2.40. The summed E-state index contributed by atoms with van der Waals surface area (Å²) in [5.74, 6) is 0. The van der Waals surface area contributed by atoms with Crippen LogP contribution in [0.4, 0.5) is 13.2 Å². The van der Waals surface area contributed by atoms with Crippen LogP contribution < -0.4 is 5.32 Å². The van der Waals surface area contributed by atoms with E-state index in [4.69, 9.17) is 0 Å². The van der Waals surface area contributed by atoms with E-state index in [0.717, 1.165) is 11.8 Å². The molecule has 1 aromatic heterocycles. The van der Waals surface area contributed by atoms with Crippen LogP contribution in [0.5, 0.6) is 0 Å². The van der Waals surface area contributed by atoms with Crippen molar-refractivity contribution in [2.45, 2.75) is 22.0 Å². The summed E-state index contributed by atoms with van der Waals surface area (Å²) in [5, 5.41) is 4.58. The lowest BCUT2D eigenvalue weighted by Gasteiger charge is -2.13. The number of aromatic nitrogens is 1. The molecule has 2 aromatic rings. The van der Waals surface area contributed by atoms with Gasteiger partial charge in [0.2, 0.25) is 0 Å². The normalized spacial score (nSPS) is 11.8. The van der Waals surface area contributed by atoms with Crippen molar-refractivity contribution in [3.8, 4) is 0 Å². The molecule has 0 saturated heterocycles. The van der Waals surface area contributed by atoms with Crippen LogP contribution in [-0.2, 0) is 12.7 Å². The van der Waals surface area contributed by atoms with Crippen molar-refractivity contribution in [2.24, 2.45) is 0 Å². The smallest absolute Gasteiger partial charge is 0.316 e. The molecule has 0 atom stereocenters. The SMILES string of the molecule is CNCc1ccc(Sc2nccs2)c(C(F)(F)F)c1. The first-order valence-electron chi connectivity index (χ1n) is 5.43. The van der Waals surface area contributed by atoms with Gasteiger partial charge >= 0.3 is 6.18 Å². The average Bonchev–Trinajstić information content (AvgIpc) is 2.83. The highest BCUT2D eigenvalue weighted by molar-refractivity contribution is 8.01. The molecule has 1 heterocycles. The van der Waals surface area contributed by atoms with E-state index >= 15 is 0 Å². The Morgan fingerprint density at radius 3 is 2.74 bits per heavy atom. The maximum absolute atomic E-state index is 13.0. The molecule has 2 nitrogen and oxygen atoms in total. The molecule has 1 aromatic carbocycles. The molecule has 0 aliphatic rings. The molecule has 0 unspecified atom stereocenters. The summed E-state index contributed by atoms with van der Waals surface area (Å²) in [7, 11) is 1.70. The molecule has 0 spiro atoms. The van der Waals surface area contributed by atoms with Crippen molar-refractivity contribution >= 4 is 23.1 Å². The Kier molecular flexibility index (Phi) is 4.49. The van der Waals surface area contributed by atoms with Gasteiger partial charge in [0.05, 0.1) is 5.56 Å². The Labute approximate surface area is 117 Å². The van der Waals surface area contributed by atoms with Crippen LogP contribution in [0.15, 0.2) is 39.0 Å². The molecular weight excluding hydrogens is 293 g/mol. The number of halogens is 3. The maximum Gasteiger partial charge on any atom is 0.417 e. The molecule has 0 bridgehead atoms. The Morgan fingerprint density at radius 2 is 2.16 bits per heavy atom. The van der Waals surface area contributed by atoms with Crippen LogP contribution in [0.3, 0.4) is 0 Å². The molecule has 102 valence electrons. The maximum atomic E-state index is 13.0. The molecule has 1 N–H and O–H groups in total. The van der Waals surface area contributed by atoms with Gasteiger partial charge in [0.25, 0.3) is 0 Å². The van der Waals surface area contributed by atoms with E-state index < -0.39 is 11.7 Å². The zero-order chi connectivity index (χ0) is 13.9. The van der Waals surface area contributed by atoms with Crippen molar-refractivity contribution in [3.05, 3.63) is 40.9 Å². The van der Waals surface area contributed by atoms with Crippen molar-refractivity contribution in [1.29, 1.82) is 0 Å². The third-order valence-electron chi connectivity index (χ3n) is 2.34. The summed E-state index contributed by atoms with van der Waals surface area (Å²) in [6.07, 6.45) is -2.78. The van der Waals surface area contributed by atoms with Gasteiger partial charge in [-0.15, -0.1) is 11.3 Å². The average molecular weight is 304 g/mol. The van der Waals surface area contributed by atoms with Gasteiger partial charge in [-0.2, -0.15) is 13.2 Å². The molecule has 0 radical (unpaired) electrons. The number of rotatable bonds is 4. The van der Waals surface area contributed by atoms with Crippen LogP contribution in [0.25, 0.3) is 0 Å². The summed E-state index contributed by atoms with van der Waals surface area (Å²) >= 11 is 2.37. The number of nitrogens with zero attached hydrogens (tertiary/aromatic N) is 1. The summed E-state index contributed by atoms with van der Waals surface area (Å²) in [5.41, 5.74) is -0.00114. The predicted octanol–water partition coefficient (Wildman–Crippen LogP) is 4.03. The summed E-state index contributed by atoms with van der Waals surface area (Å²) in [6, 6.07) is 4.38. The highest BCUT2D eigenvalue weighted by atomic mass is 32.2. The van der Waals surface area contributed by atoms with E-state index in [0.29, 0.717) is 16.4 Å². The molecular formula is C12H11F3N2S2. The zero-order valence-corrected chi connectivity index (χ0v) is 11.6. The molecule has 2 rings (SSSR count). The van der Waals surface area contributed by atoms with Crippen molar-refractivity contribution < 1.29 is 13.2 Å². The fourth-order valence-corrected chi connectivity index (χ4v) is 3.27. The minimum Gasteiger partial charge on any atom is -0.316 e. The topological polar surface area (TPSA) is 24.9 Å². The van der Waals surface area contributed by atoms with Gasteiger partial charge in [0.15, 0.2) is 4.34 Å². The van der Waals surface area contributed by atoms with Gasteiger partial charge in [-0.05, 0) is 24.7 Å². The Hall–Kier alpha value is -1.05. The summed E-state index contributed by atoms with van der Waals surface area (Å²) in [4.78, 5) is 4.18. The van der Waals surface area contributed by atoms with E-state index in [1.54, 1.807) is 24.7 Å². The Balaban J connectivity index is 2.36. The van der Waals surface area contributed by atoms with Crippen LogP contribution in [0.2, 0.25) is 0 Å². The summed E-state index contributed by atoms with van der Waals surface area (Å²) < 4.78 is 39.7. The van der Waals surface area contributed by atoms with Gasteiger partial charge in [0, 0.05) is 23.0 Å². The van der Waals surface area contributed by atoms with Crippen LogP contribution >= 0.6 is 23.1 Å². The minimum atomic E-state index is -4.36. The van der Waals surface area contributed by atoms with Crippen molar-refractivity contribution in [3.63, 3.8) is 0 Å². The van der Waals surface area contributed by atoms with Gasteiger partial charge in [-0.3, -0.25) is 0 Å². The number of hydrogen-bond donors (Lipinski definition) is 1. The lowest BCUT2D eigenvalue weighted by atomic mass is 10.1.